The maximum atomic E-state index is 12.9. The number of halogens is 3. The van der Waals surface area contributed by atoms with E-state index >= 15 is 0 Å². The molecule has 0 unspecified atom stereocenters. The monoisotopic (exact) mass is 384 g/mol. The summed E-state index contributed by atoms with van der Waals surface area (Å²) in [6.45, 7) is 1.97. The Bertz CT molecular complexity index is 818. The maximum absolute atomic E-state index is 12.9. The number of carbonyl (C=O) groups is 2. The first-order valence-electron chi connectivity index (χ1n) is 8.23. The van der Waals surface area contributed by atoms with E-state index in [4.69, 9.17) is 5.11 Å². The minimum Gasteiger partial charge on any atom is -0.481 e. The van der Waals surface area contributed by atoms with Crippen molar-refractivity contribution in [3.05, 3.63) is 41.7 Å². The summed E-state index contributed by atoms with van der Waals surface area (Å²) >= 11 is 0. The van der Waals surface area contributed by atoms with Crippen molar-refractivity contribution in [1.29, 1.82) is 0 Å². The van der Waals surface area contributed by atoms with Gasteiger partial charge in [-0.3, -0.25) is 4.79 Å². The smallest absolute Gasteiger partial charge is 0.416 e. The van der Waals surface area contributed by atoms with Crippen LogP contribution in [-0.2, 0) is 17.4 Å². The molecule has 0 atom stereocenters. The Morgan fingerprint density at radius 3 is 2.67 bits per heavy atom. The number of nitrogens with zero attached hydrogens (tertiary/aromatic N) is 2. The fourth-order valence-corrected chi connectivity index (χ4v) is 2.46. The van der Waals surface area contributed by atoms with Crippen molar-refractivity contribution in [2.75, 3.05) is 11.9 Å². The number of carbonyl (C=O) groups excluding carboxylic acids is 1. The molecule has 0 spiro atoms. The largest absolute Gasteiger partial charge is 0.481 e. The van der Waals surface area contributed by atoms with E-state index < -0.39 is 23.7 Å². The summed E-state index contributed by atoms with van der Waals surface area (Å²) in [5.41, 5.74) is 0.348. The number of aliphatic carboxylic acids is 1. The number of nitrogens with one attached hydrogen (secondary N) is 2. The van der Waals surface area contributed by atoms with Crippen LogP contribution in [-0.4, -0.2) is 33.4 Å². The van der Waals surface area contributed by atoms with Crippen LogP contribution in [0.15, 0.2) is 30.5 Å². The Hall–Kier alpha value is -3.04. The number of carboxylic acids is 1. The summed E-state index contributed by atoms with van der Waals surface area (Å²) in [4.78, 5) is 22.3. The molecule has 2 aromatic rings. The van der Waals surface area contributed by atoms with Gasteiger partial charge in [-0.25, -0.2) is 9.48 Å². The van der Waals surface area contributed by atoms with Gasteiger partial charge >= 0.3 is 18.2 Å². The molecule has 0 aliphatic heterocycles. The zero-order chi connectivity index (χ0) is 20.0. The zero-order valence-corrected chi connectivity index (χ0v) is 14.5. The van der Waals surface area contributed by atoms with Crippen LogP contribution in [0.1, 0.15) is 31.0 Å². The summed E-state index contributed by atoms with van der Waals surface area (Å²) in [5, 5.41) is 17.7. The fourth-order valence-electron chi connectivity index (χ4n) is 2.46. The van der Waals surface area contributed by atoms with E-state index in [0.717, 1.165) is 12.1 Å². The topological polar surface area (TPSA) is 96.2 Å². The average Bonchev–Trinajstić information content (AvgIpc) is 3.00. The second-order valence-corrected chi connectivity index (χ2v) is 5.70. The minimum absolute atomic E-state index is 0.0615. The van der Waals surface area contributed by atoms with Crippen molar-refractivity contribution in [3.8, 4) is 5.69 Å². The van der Waals surface area contributed by atoms with Gasteiger partial charge < -0.3 is 15.7 Å². The summed E-state index contributed by atoms with van der Waals surface area (Å²) in [7, 11) is 0. The second kappa shape index (κ2) is 8.56. The zero-order valence-electron chi connectivity index (χ0n) is 14.5. The molecule has 2 amide bonds. The molecular weight excluding hydrogens is 365 g/mol. The van der Waals surface area contributed by atoms with E-state index in [1.807, 2.05) is 0 Å². The van der Waals surface area contributed by atoms with Crippen LogP contribution in [0.5, 0.6) is 0 Å². The lowest BCUT2D eigenvalue weighted by Crippen LogP contribution is -2.30. The summed E-state index contributed by atoms with van der Waals surface area (Å²) in [6, 6.07) is 4.21. The number of urea groups is 1. The molecule has 0 saturated heterocycles. The van der Waals surface area contributed by atoms with Gasteiger partial charge in [0.2, 0.25) is 0 Å². The molecule has 0 bridgehead atoms. The number of rotatable bonds is 7. The van der Waals surface area contributed by atoms with Crippen LogP contribution in [0.4, 0.5) is 23.7 Å². The first kappa shape index (κ1) is 20.3. The van der Waals surface area contributed by atoms with E-state index in [1.54, 1.807) is 6.92 Å². The third-order valence-corrected chi connectivity index (χ3v) is 3.72. The van der Waals surface area contributed by atoms with Crippen LogP contribution in [0.25, 0.3) is 5.69 Å². The summed E-state index contributed by atoms with van der Waals surface area (Å²) < 4.78 is 40.1. The van der Waals surface area contributed by atoms with Crippen LogP contribution in [0.3, 0.4) is 0 Å². The van der Waals surface area contributed by atoms with Crippen molar-refractivity contribution in [1.82, 2.24) is 15.1 Å². The highest BCUT2D eigenvalue weighted by atomic mass is 19.4. The van der Waals surface area contributed by atoms with E-state index in [-0.39, 0.29) is 25.1 Å². The third kappa shape index (κ3) is 5.47. The first-order chi connectivity index (χ1) is 12.7. The summed E-state index contributed by atoms with van der Waals surface area (Å²) in [6.07, 6.45) is -2.46. The molecule has 0 aliphatic carbocycles. The molecular formula is C17H19F3N4O3. The molecule has 0 aliphatic rings. The molecule has 146 valence electrons. The van der Waals surface area contributed by atoms with Crippen molar-refractivity contribution >= 4 is 17.7 Å². The number of alkyl halides is 3. The maximum Gasteiger partial charge on any atom is 0.416 e. The molecule has 0 fully saturated rings. The molecule has 1 heterocycles. The Morgan fingerprint density at radius 2 is 2.04 bits per heavy atom. The predicted octanol–water partition coefficient (Wildman–Crippen LogP) is 3.44. The van der Waals surface area contributed by atoms with Gasteiger partial charge in [-0.15, -0.1) is 0 Å². The van der Waals surface area contributed by atoms with Gasteiger partial charge in [0.15, 0.2) is 0 Å². The molecule has 0 radical (unpaired) electrons. The van der Waals surface area contributed by atoms with Gasteiger partial charge in [0.05, 0.1) is 28.8 Å². The molecule has 2 rings (SSSR count). The number of hydrogen-bond donors (Lipinski definition) is 3. The highest BCUT2D eigenvalue weighted by Gasteiger charge is 2.30. The molecule has 10 heteroatoms. The number of hydrogen-bond acceptors (Lipinski definition) is 3. The van der Waals surface area contributed by atoms with Crippen molar-refractivity contribution in [2.24, 2.45) is 0 Å². The van der Waals surface area contributed by atoms with Gasteiger partial charge in [0.25, 0.3) is 0 Å². The molecule has 1 aromatic heterocycles. The predicted molar refractivity (Wildman–Crippen MR) is 91.8 cm³/mol. The number of benzene rings is 1. The van der Waals surface area contributed by atoms with Crippen molar-refractivity contribution in [3.63, 3.8) is 0 Å². The Balaban J connectivity index is 2.13. The average molecular weight is 384 g/mol. The van der Waals surface area contributed by atoms with Gasteiger partial charge in [-0.2, -0.15) is 18.3 Å². The van der Waals surface area contributed by atoms with Crippen LogP contribution in [0, 0.1) is 0 Å². The molecule has 3 N–H and O–H groups in total. The standard InChI is InChI=1S/C17H19F3N4O3/c1-2-14-13(23-16(27)21-8-4-7-15(25)26)10-22-24(14)12-6-3-5-11(9-12)17(18,19)20/h3,5-6,9-10H,2,4,7-8H2,1H3,(H,25,26)(H2,21,23,27). The Morgan fingerprint density at radius 1 is 1.30 bits per heavy atom. The van der Waals surface area contributed by atoms with Crippen molar-refractivity contribution < 1.29 is 27.9 Å². The Labute approximate surface area is 153 Å². The highest BCUT2D eigenvalue weighted by molar-refractivity contribution is 5.89. The number of carboxylic acid groups (broad SMARTS) is 1. The van der Waals surface area contributed by atoms with E-state index in [9.17, 15) is 22.8 Å². The first-order valence-corrected chi connectivity index (χ1v) is 8.23. The lowest BCUT2D eigenvalue weighted by atomic mass is 10.2. The lowest BCUT2D eigenvalue weighted by molar-refractivity contribution is -0.138. The van der Waals surface area contributed by atoms with Crippen molar-refractivity contribution in [2.45, 2.75) is 32.4 Å². The second-order valence-electron chi connectivity index (χ2n) is 5.70. The van der Waals surface area contributed by atoms with E-state index in [0.29, 0.717) is 17.8 Å². The Kier molecular flexibility index (Phi) is 6.43. The minimum atomic E-state index is -4.47. The third-order valence-electron chi connectivity index (χ3n) is 3.72. The highest BCUT2D eigenvalue weighted by Crippen LogP contribution is 2.31. The molecule has 27 heavy (non-hydrogen) atoms. The van der Waals surface area contributed by atoms with Gasteiger partial charge in [0.1, 0.15) is 0 Å². The van der Waals surface area contributed by atoms with E-state index in [1.165, 1.54) is 23.0 Å². The fraction of sp³-hybridized carbons (Fsp3) is 0.353. The number of amides is 2. The van der Waals surface area contributed by atoms with Crippen LogP contribution < -0.4 is 10.6 Å². The van der Waals surface area contributed by atoms with Crippen LogP contribution >= 0.6 is 0 Å². The lowest BCUT2D eigenvalue weighted by Gasteiger charge is -2.12. The normalized spacial score (nSPS) is 11.3. The molecule has 0 saturated carbocycles. The van der Waals surface area contributed by atoms with E-state index in [2.05, 4.69) is 15.7 Å². The molecule has 1 aromatic carbocycles. The number of anilines is 1. The van der Waals surface area contributed by atoms with Gasteiger partial charge in [-0.05, 0) is 31.0 Å². The van der Waals surface area contributed by atoms with Gasteiger partial charge in [0, 0.05) is 13.0 Å². The number of aromatic nitrogens is 2. The van der Waals surface area contributed by atoms with Crippen LogP contribution in [0.2, 0.25) is 0 Å². The summed E-state index contributed by atoms with van der Waals surface area (Å²) in [5.74, 6) is -0.951. The quantitative estimate of drug-likeness (QED) is 0.637. The SMILES string of the molecule is CCc1c(NC(=O)NCCCC(=O)O)cnn1-c1cccc(C(F)(F)F)c1. The molecule has 7 nitrogen and oxygen atoms in total. The van der Waals surface area contributed by atoms with Gasteiger partial charge in [-0.1, -0.05) is 13.0 Å².